The predicted molar refractivity (Wildman–Crippen MR) is 271 cm³/mol. The summed E-state index contributed by atoms with van der Waals surface area (Å²) in [6.45, 7) is 0. The van der Waals surface area contributed by atoms with E-state index < -0.39 is 0 Å². The van der Waals surface area contributed by atoms with Gasteiger partial charge in [-0.1, -0.05) is 158 Å². The maximum Gasteiger partial charge on any atom is 0.0626 e. The number of rotatable bonds is 2. The van der Waals surface area contributed by atoms with E-state index in [-0.39, 0.29) is 0 Å². The lowest BCUT2D eigenvalue weighted by Crippen LogP contribution is -1.98. The Hall–Kier alpha value is -7.50. The summed E-state index contributed by atoms with van der Waals surface area (Å²) in [7, 11) is 0. The van der Waals surface area contributed by atoms with Gasteiger partial charge in [0.1, 0.15) is 0 Å². The number of nitrogens with zero attached hydrogens (tertiary/aromatic N) is 2. The van der Waals surface area contributed by atoms with Crippen LogP contribution in [0.1, 0.15) is 0 Å². The van der Waals surface area contributed by atoms with Crippen LogP contribution in [0.25, 0.3) is 138 Å². The normalized spacial score (nSPS) is 12.5. The van der Waals surface area contributed by atoms with Crippen LogP contribution >= 0.6 is 22.7 Å². The van der Waals surface area contributed by atoms with Crippen molar-refractivity contribution in [2.24, 2.45) is 0 Å². The summed E-state index contributed by atoms with van der Waals surface area (Å²) in [4.78, 5) is 0. The van der Waals surface area contributed by atoms with Crippen molar-refractivity contribution >= 4 is 150 Å². The Morgan fingerprint density at radius 3 is 1.03 bits per heavy atom. The summed E-state index contributed by atoms with van der Waals surface area (Å²) in [5.74, 6) is 0. The molecule has 15 rings (SSSR count). The maximum absolute atomic E-state index is 2.52. The van der Waals surface area contributed by atoms with Crippen molar-refractivity contribution in [3.8, 4) is 11.4 Å². The molecule has 0 bridgehead atoms. The van der Waals surface area contributed by atoms with Gasteiger partial charge >= 0.3 is 0 Å². The zero-order valence-electron chi connectivity index (χ0n) is 33.2. The zero-order chi connectivity index (χ0) is 40.2. The molecule has 2 nitrogen and oxygen atoms in total. The van der Waals surface area contributed by atoms with Crippen molar-refractivity contribution in [2.75, 3.05) is 0 Å². The minimum Gasteiger partial charge on any atom is -0.309 e. The van der Waals surface area contributed by atoms with Crippen LogP contribution in [0.15, 0.2) is 194 Å². The maximum atomic E-state index is 2.52. The van der Waals surface area contributed by atoms with Gasteiger partial charge in [0.15, 0.2) is 0 Å². The highest BCUT2D eigenvalue weighted by Gasteiger charge is 2.25. The summed E-state index contributed by atoms with van der Waals surface area (Å²) in [6.07, 6.45) is 0. The molecule has 15 aromatic rings. The monoisotopic (exact) mass is 820 g/mol. The molecular weight excluding hydrogens is 789 g/mol. The third kappa shape index (κ3) is 4.18. The van der Waals surface area contributed by atoms with Gasteiger partial charge in [0.2, 0.25) is 0 Å². The van der Waals surface area contributed by atoms with Crippen LogP contribution in [0.3, 0.4) is 0 Å². The molecule has 0 fully saturated rings. The van der Waals surface area contributed by atoms with Crippen molar-refractivity contribution in [3.63, 3.8) is 0 Å². The number of hydrogen-bond donors (Lipinski definition) is 0. The Kier molecular flexibility index (Phi) is 6.48. The van der Waals surface area contributed by atoms with E-state index in [9.17, 15) is 0 Å². The third-order valence-electron chi connectivity index (χ3n) is 13.6. The van der Waals surface area contributed by atoms with Crippen molar-refractivity contribution in [1.29, 1.82) is 0 Å². The van der Waals surface area contributed by atoms with Gasteiger partial charge < -0.3 is 9.13 Å². The van der Waals surface area contributed by atoms with Crippen LogP contribution in [-0.2, 0) is 0 Å². The molecule has 0 saturated carbocycles. The largest absolute Gasteiger partial charge is 0.309 e. The molecule has 4 aromatic heterocycles. The second-order valence-electron chi connectivity index (χ2n) is 16.7. The number of benzene rings is 11. The molecule has 11 aromatic carbocycles. The van der Waals surface area contributed by atoms with Crippen LogP contribution in [0.4, 0.5) is 0 Å². The lowest BCUT2D eigenvalue weighted by molar-refractivity contribution is 1.15. The van der Waals surface area contributed by atoms with E-state index in [0.717, 1.165) is 11.4 Å². The second kappa shape index (κ2) is 12.1. The molecule has 62 heavy (non-hydrogen) atoms. The fourth-order valence-corrected chi connectivity index (χ4v) is 13.8. The SMILES string of the molecule is c1ccc2c(c1)ccc1c2sc2c3ccccc3c3c(c4ccccc4n3-c3ccc(-n4c5ccccc5c5c6c7ccc8ccccc8c7sc6c6ccccc6c54)cc3)c12. The second-order valence-corrected chi connectivity index (χ2v) is 18.7. The van der Waals surface area contributed by atoms with E-state index in [1.54, 1.807) is 0 Å². The molecule has 0 N–H and O–H groups in total. The molecular formula is C58H32N2S2. The van der Waals surface area contributed by atoms with E-state index in [1.165, 1.54) is 127 Å². The van der Waals surface area contributed by atoms with Crippen LogP contribution in [0.2, 0.25) is 0 Å². The van der Waals surface area contributed by atoms with E-state index >= 15 is 0 Å². The molecule has 4 heterocycles. The van der Waals surface area contributed by atoms with E-state index in [0.29, 0.717) is 0 Å². The first-order chi connectivity index (χ1) is 30.8. The topological polar surface area (TPSA) is 9.86 Å². The lowest BCUT2D eigenvalue weighted by atomic mass is 9.98. The Morgan fingerprint density at radius 1 is 0.242 bits per heavy atom. The molecule has 286 valence electrons. The molecule has 0 unspecified atom stereocenters. The Balaban J connectivity index is 1.03. The molecule has 0 atom stereocenters. The summed E-state index contributed by atoms with van der Waals surface area (Å²) >= 11 is 3.89. The number of thiophene rings is 2. The number of fused-ring (bicyclic) bond motifs is 24. The number of para-hydroxylation sites is 2. The fraction of sp³-hybridized carbons (Fsp3) is 0. The first kappa shape index (κ1) is 33.2. The molecule has 0 aliphatic carbocycles. The minimum absolute atomic E-state index is 1.15. The van der Waals surface area contributed by atoms with Gasteiger partial charge in [-0.25, -0.2) is 0 Å². The van der Waals surface area contributed by atoms with Gasteiger partial charge in [0.05, 0.1) is 22.1 Å². The van der Waals surface area contributed by atoms with Crippen LogP contribution in [0, 0.1) is 0 Å². The molecule has 0 aliphatic heterocycles. The van der Waals surface area contributed by atoms with Gasteiger partial charge in [-0.05, 0) is 57.9 Å². The van der Waals surface area contributed by atoms with Crippen LogP contribution in [0.5, 0.6) is 0 Å². The summed E-state index contributed by atoms with van der Waals surface area (Å²) in [6, 6.07) is 72.4. The van der Waals surface area contributed by atoms with Crippen molar-refractivity contribution in [3.05, 3.63) is 194 Å². The first-order valence-corrected chi connectivity index (χ1v) is 22.9. The minimum atomic E-state index is 1.15. The Labute approximate surface area is 362 Å². The predicted octanol–water partition coefficient (Wildman–Crippen LogP) is 17.2. The van der Waals surface area contributed by atoms with Gasteiger partial charge in [-0.15, -0.1) is 22.7 Å². The Bertz CT molecular complexity index is 4160. The van der Waals surface area contributed by atoms with Crippen molar-refractivity contribution in [2.45, 2.75) is 0 Å². The van der Waals surface area contributed by atoms with E-state index in [4.69, 9.17) is 0 Å². The smallest absolute Gasteiger partial charge is 0.0626 e. The molecule has 0 saturated heterocycles. The quantitative estimate of drug-likeness (QED) is 0.164. The first-order valence-electron chi connectivity index (χ1n) is 21.3. The van der Waals surface area contributed by atoms with E-state index in [2.05, 4.69) is 203 Å². The summed E-state index contributed by atoms with van der Waals surface area (Å²) in [5, 5.41) is 21.0. The standard InChI is InChI=1S/C58H32N2S2/c1-3-15-37-33(13-1)25-31-45-51-49-43-21-9-11-23-47(43)59(53(49)39-17-5-7-19-41(39)57(51)61-55(37)45)35-27-29-36(30-28-35)60-48-24-12-10-22-44(48)50-52-46-32-26-34-14-2-4-16-38(34)56(46)62-58(52)42-20-8-6-18-40(42)54(50)60/h1-32H. The van der Waals surface area contributed by atoms with Crippen molar-refractivity contribution < 1.29 is 0 Å². The third-order valence-corrected chi connectivity index (χ3v) is 16.2. The molecule has 0 amide bonds. The summed E-state index contributed by atoms with van der Waals surface area (Å²) in [5.41, 5.74) is 7.26. The zero-order valence-corrected chi connectivity index (χ0v) is 34.8. The number of aromatic nitrogens is 2. The van der Waals surface area contributed by atoms with Crippen LogP contribution < -0.4 is 0 Å². The van der Waals surface area contributed by atoms with Gasteiger partial charge in [-0.3, -0.25) is 0 Å². The van der Waals surface area contributed by atoms with Gasteiger partial charge in [-0.2, -0.15) is 0 Å². The molecule has 0 spiro atoms. The molecule has 0 radical (unpaired) electrons. The fourth-order valence-electron chi connectivity index (χ4n) is 11.1. The lowest BCUT2D eigenvalue weighted by Gasteiger charge is -2.14. The Morgan fingerprint density at radius 2 is 0.597 bits per heavy atom. The number of hydrogen-bond acceptors (Lipinski definition) is 2. The van der Waals surface area contributed by atoms with Gasteiger partial charge in [0.25, 0.3) is 0 Å². The highest BCUT2D eigenvalue weighted by atomic mass is 32.1. The van der Waals surface area contributed by atoms with E-state index in [1.807, 2.05) is 22.7 Å². The van der Waals surface area contributed by atoms with Crippen LogP contribution in [-0.4, -0.2) is 9.13 Å². The highest BCUT2D eigenvalue weighted by Crippen LogP contribution is 2.51. The average Bonchev–Trinajstić information content (AvgIpc) is 4.10. The molecule has 4 heteroatoms. The highest BCUT2D eigenvalue weighted by molar-refractivity contribution is 7.28. The summed E-state index contributed by atoms with van der Waals surface area (Å²) < 4.78 is 10.5. The average molecular weight is 821 g/mol. The van der Waals surface area contributed by atoms with Gasteiger partial charge in [0, 0.05) is 94.8 Å². The molecule has 0 aliphatic rings. The van der Waals surface area contributed by atoms with Crippen molar-refractivity contribution in [1.82, 2.24) is 9.13 Å².